The molecule has 1 aliphatic heterocycles. The third-order valence-electron chi connectivity index (χ3n) is 3.71. The molecule has 0 unspecified atom stereocenters. The summed E-state index contributed by atoms with van der Waals surface area (Å²) in [5.41, 5.74) is -2.19. The Morgan fingerprint density at radius 2 is 2.14 bits per heavy atom. The molecule has 2 atom stereocenters. The van der Waals surface area contributed by atoms with Crippen molar-refractivity contribution in [1.29, 1.82) is 0 Å². The zero-order valence-electron chi connectivity index (χ0n) is 12.0. The Labute approximate surface area is 120 Å². The van der Waals surface area contributed by atoms with Gasteiger partial charge in [-0.15, -0.1) is 0 Å². The van der Waals surface area contributed by atoms with Crippen molar-refractivity contribution in [3.63, 3.8) is 0 Å². The molecule has 0 radical (unpaired) electrons. The van der Waals surface area contributed by atoms with Crippen LogP contribution in [0.4, 0.5) is 0 Å². The second-order valence-electron chi connectivity index (χ2n) is 5.50. The van der Waals surface area contributed by atoms with Crippen molar-refractivity contribution in [3.05, 3.63) is 32.8 Å². The average molecular weight is 294 g/mol. The Bertz CT molecular complexity index is 674. The van der Waals surface area contributed by atoms with Crippen LogP contribution in [0.5, 0.6) is 0 Å². The van der Waals surface area contributed by atoms with Crippen molar-refractivity contribution in [3.8, 4) is 0 Å². The van der Waals surface area contributed by atoms with Crippen LogP contribution in [0, 0.1) is 5.92 Å². The Morgan fingerprint density at radius 1 is 1.43 bits per heavy atom. The fraction of sp³-hybridized carbons (Fsp3) is 0.571. The van der Waals surface area contributed by atoms with Crippen molar-refractivity contribution in [1.82, 2.24) is 9.78 Å². The number of Topliss-reactive ketones (excluding diaryl/α,β-unsaturated/α-hetero) is 1. The number of H-pyrrole nitrogens is 1. The summed E-state index contributed by atoms with van der Waals surface area (Å²) in [6.45, 7) is 3.19. The Hall–Kier alpha value is -2.18. The minimum absolute atomic E-state index is 0.282. The second kappa shape index (κ2) is 5.67. The summed E-state index contributed by atoms with van der Waals surface area (Å²) in [6, 6.07) is 2.19. The largest absolute Gasteiger partial charge is 0.451 e. The van der Waals surface area contributed by atoms with Gasteiger partial charge >= 0.3 is 5.97 Å². The van der Waals surface area contributed by atoms with Crippen LogP contribution in [0.15, 0.2) is 21.7 Å². The Kier molecular flexibility index (Phi) is 4.11. The third kappa shape index (κ3) is 3.12. The molecule has 0 saturated carbocycles. The predicted molar refractivity (Wildman–Crippen MR) is 73.8 cm³/mol. The molecule has 0 amide bonds. The van der Waals surface area contributed by atoms with E-state index in [9.17, 15) is 19.2 Å². The molecule has 0 spiro atoms. The zero-order valence-corrected chi connectivity index (χ0v) is 12.0. The first-order valence-electron chi connectivity index (χ1n) is 6.92. The molecule has 7 nitrogen and oxygen atoms in total. The van der Waals surface area contributed by atoms with Gasteiger partial charge in [0.25, 0.3) is 11.1 Å². The van der Waals surface area contributed by atoms with E-state index in [2.05, 4.69) is 5.10 Å². The smallest absolute Gasteiger partial charge is 0.310 e. The molecule has 0 bridgehead atoms. The van der Waals surface area contributed by atoms with Crippen LogP contribution in [0.1, 0.15) is 33.1 Å². The van der Waals surface area contributed by atoms with Crippen LogP contribution in [0.25, 0.3) is 0 Å². The van der Waals surface area contributed by atoms with Crippen LogP contribution in [-0.4, -0.2) is 27.1 Å². The fourth-order valence-corrected chi connectivity index (χ4v) is 2.53. The lowest BCUT2D eigenvalue weighted by Crippen LogP contribution is -2.41. The summed E-state index contributed by atoms with van der Waals surface area (Å²) in [7, 11) is 0. The molecular weight excluding hydrogens is 276 g/mol. The Morgan fingerprint density at radius 3 is 2.81 bits per heavy atom. The van der Waals surface area contributed by atoms with E-state index in [1.54, 1.807) is 6.92 Å². The van der Waals surface area contributed by atoms with E-state index in [4.69, 9.17) is 4.74 Å². The first-order valence-corrected chi connectivity index (χ1v) is 6.92. The lowest BCUT2D eigenvalue weighted by molar-refractivity contribution is -0.157. The van der Waals surface area contributed by atoms with Gasteiger partial charge in [0.2, 0.25) is 0 Å². The summed E-state index contributed by atoms with van der Waals surface area (Å²) in [5, 5.41) is 2.28. The predicted octanol–water partition coefficient (Wildman–Crippen LogP) is 0.228. The van der Waals surface area contributed by atoms with Gasteiger partial charge in [-0.3, -0.25) is 24.3 Å². The van der Waals surface area contributed by atoms with Crippen LogP contribution < -0.4 is 11.1 Å². The highest BCUT2D eigenvalue weighted by Crippen LogP contribution is 2.34. The van der Waals surface area contributed by atoms with Crippen molar-refractivity contribution >= 4 is 11.8 Å². The van der Waals surface area contributed by atoms with E-state index in [0.717, 1.165) is 23.2 Å². The number of esters is 1. The maximum Gasteiger partial charge on any atom is 0.310 e. The summed E-state index contributed by atoms with van der Waals surface area (Å²) in [4.78, 5) is 46.9. The van der Waals surface area contributed by atoms with Crippen LogP contribution in [0.3, 0.4) is 0 Å². The van der Waals surface area contributed by atoms with Crippen molar-refractivity contribution in [2.24, 2.45) is 5.92 Å². The number of hydrogen-bond donors (Lipinski definition) is 1. The number of aromatic amines is 1. The van der Waals surface area contributed by atoms with Gasteiger partial charge in [0.1, 0.15) is 6.54 Å². The number of ketones is 1. The summed E-state index contributed by atoms with van der Waals surface area (Å²) in [5.74, 6) is -1.06. The molecule has 1 aromatic heterocycles. The maximum atomic E-state index is 12.3. The number of carbonyl (C=O) groups excluding carboxylic acids is 2. The summed E-state index contributed by atoms with van der Waals surface area (Å²) in [6.07, 6.45) is 1.81. The topological polar surface area (TPSA) is 98.2 Å². The average Bonchev–Trinajstić information content (AvgIpc) is 2.71. The number of nitrogens with one attached hydrogen (secondary N) is 1. The highest BCUT2D eigenvalue weighted by Gasteiger charge is 2.47. The number of rotatable bonds is 5. The van der Waals surface area contributed by atoms with E-state index in [1.807, 2.05) is 6.92 Å². The van der Waals surface area contributed by atoms with E-state index in [-0.39, 0.29) is 18.4 Å². The molecular formula is C14H18N2O5. The molecule has 2 rings (SSSR count). The highest BCUT2D eigenvalue weighted by molar-refractivity contribution is 5.92. The number of nitrogens with zero attached hydrogens (tertiary/aromatic N) is 1. The van der Waals surface area contributed by atoms with E-state index in [1.165, 1.54) is 0 Å². The SMILES string of the molecule is CCC[C@H]1C[C@](C)(C(=O)Cn2[nH]c(=O)ccc2=O)OC1=O. The highest BCUT2D eigenvalue weighted by atomic mass is 16.6. The van der Waals surface area contributed by atoms with Crippen LogP contribution >= 0.6 is 0 Å². The number of aromatic nitrogens is 2. The van der Waals surface area contributed by atoms with Gasteiger partial charge in [0, 0.05) is 18.6 Å². The normalized spacial score (nSPS) is 24.9. The molecule has 1 N–H and O–H groups in total. The minimum Gasteiger partial charge on any atom is -0.451 e. The molecule has 114 valence electrons. The molecule has 7 heteroatoms. The number of ether oxygens (including phenoxy) is 1. The van der Waals surface area contributed by atoms with Gasteiger partial charge in [-0.1, -0.05) is 13.3 Å². The zero-order chi connectivity index (χ0) is 15.6. The summed E-state index contributed by atoms with van der Waals surface area (Å²) >= 11 is 0. The molecule has 0 aliphatic carbocycles. The van der Waals surface area contributed by atoms with E-state index in [0.29, 0.717) is 12.8 Å². The number of hydrogen-bond acceptors (Lipinski definition) is 5. The number of cyclic esters (lactones) is 1. The minimum atomic E-state index is -1.23. The van der Waals surface area contributed by atoms with Gasteiger partial charge in [0.05, 0.1) is 5.92 Å². The van der Waals surface area contributed by atoms with Gasteiger partial charge in [0.15, 0.2) is 11.4 Å². The monoisotopic (exact) mass is 294 g/mol. The van der Waals surface area contributed by atoms with Gasteiger partial charge in [-0.2, -0.15) is 0 Å². The van der Waals surface area contributed by atoms with Crippen molar-refractivity contribution < 1.29 is 14.3 Å². The fourth-order valence-electron chi connectivity index (χ4n) is 2.53. The first kappa shape index (κ1) is 15.2. The molecule has 1 saturated heterocycles. The Balaban J connectivity index is 2.17. The first-order chi connectivity index (χ1) is 9.85. The van der Waals surface area contributed by atoms with Gasteiger partial charge in [-0.05, 0) is 13.3 Å². The quantitative estimate of drug-likeness (QED) is 0.784. The van der Waals surface area contributed by atoms with E-state index >= 15 is 0 Å². The van der Waals surface area contributed by atoms with Crippen LogP contribution in [-0.2, 0) is 20.9 Å². The number of carbonyl (C=O) groups is 2. The van der Waals surface area contributed by atoms with Crippen LogP contribution in [0.2, 0.25) is 0 Å². The third-order valence-corrected chi connectivity index (χ3v) is 3.71. The molecule has 1 fully saturated rings. The molecule has 0 aromatic carbocycles. The van der Waals surface area contributed by atoms with Crippen molar-refractivity contribution in [2.45, 2.75) is 45.3 Å². The second-order valence-corrected chi connectivity index (χ2v) is 5.50. The van der Waals surface area contributed by atoms with Gasteiger partial charge < -0.3 is 4.74 Å². The summed E-state index contributed by atoms with van der Waals surface area (Å²) < 4.78 is 6.15. The standard InChI is InChI=1S/C14H18N2O5/c1-3-4-9-7-14(2,21-13(9)20)10(17)8-16-12(19)6-5-11(18)15-16/h5-6,9H,3-4,7-8H2,1-2H3,(H,15,18)/t9-,14+/m0/s1. The molecule has 2 heterocycles. The lowest BCUT2D eigenvalue weighted by atomic mass is 9.89. The lowest BCUT2D eigenvalue weighted by Gasteiger charge is -2.21. The maximum absolute atomic E-state index is 12.3. The molecule has 1 aliphatic rings. The van der Waals surface area contributed by atoms with Gasteiger partial charge in [-0.25, -0.2) is 4.68 Å². The van der Waals surface area contributed by atoms with Crippen molar-refractivity contribution in [2.75, 3.05) is 0 Å². The molecule has 21 heavy (non-hydrogen) atoms. The molecule has 1 aromatic rings. The van der Waals surface area contributed by atoms with E-state index < -0.39 is 22.5 Å².